The number of ether oxygens (including phenoxy) is 1. The summed E-state index contributed by atoms with van der Waals surface area (Å²) in [4.78, 5) is 1.19. The van der Waals surface area contributed by atoms with E-state index >= 15 is 0 Å². The first kappa shape index (κ1) is 10.7. The standard InChI is InChI=1S/C10H16O2S/c1-10(2,12-3)9(11)7-8-5-4-6-13-8/h4-6,9,11H,7H2,1-3H3. The van der Waals surface area contributed by atoms with Gasteiger partial charge in [-0.2, -0.15) is 0 Å². The van der Waals surface area contributed by atoms with Crippen LogP contribution in [-0.4, -0.2) is 23.9 Å². The molecule has 1 unspecified atom stereocenters. The van der Waals surface area contributed by atoms with Gasteiger partial charge in [-0.25, -0.2) is 0 Å². The van der Waals surface area contributed by atoms with Crippen LogP contribution in [0.1, 0.15) is 18.7 Å². The summed E-state index contributed by atoms with van der Waals surface area (Å²) in [5.74, 6) is 0. The third kappa shape index (κ3) is 2.79. The Balaban J connectivity index is 2.55. The summed E-state index contributed by atoms with van der Waals surface area (Å²) in [6.07, 6.45) is 0.217. The van der Waals surface area contributed by atoms with Gasteiger partial charge in [0.1, 0.15) is 0 Å². The van der Waals surface area contributed by atoms with Crippen LogP contribution in [0.5, 0.6) is 0 Å². The molecule has 0 spiro atoms. The molecule has 74 valence electrons. The van der Waals surface area contributed by atoms with Gasteiger partial charge in [0.15, 0.2) is 0 Å². The van der Waals surface area contributed by atoms with E-state index < -0.39 is 11.7 Å². The van der Waals surface area contributed by atoms with Crippen molar-refractivity contribution >= 4 is 11.3 Å². The molecule has 3 heteroatoms. The van der Waals surface area contributed by atoms with Crippen LogP contribution >= 0.6 is 11.3 Å². The topological polar surface area (TPSA) is 29.5 Å². The lowest BCUT2D eigenvalue weighted by Gasteiger charge is -2.28. The molecule has 0 fully saturated rings. The summed E-state index contributed by atoms with van der Waals surface area (Å²) in [7, 11) is 1.62. The summed E-state index contributed by atoms with van der Waals surface area (Å²) >= 11 is 1.66. The highest BCUT2D eigenvalue weighted by atomic mass is 32.1. The smallest absolute Gasteiger partial charge is 0.0884 e. The van der Waals surface area contributed by atoms with E-state index in [0.29, 0.717) is 6.42 Å². The minimum absolute atomic E-state index is 0.448. The molecule has 1 heterocycles. The van der Waals surface area contributed by atoms with Crippen LogP contribution in [0.4, 0.5) is 0 Å². The molecule has 0 amide bonds. The van der Waals surface area contributed by atoms with Crippen LogP contribution in [-0.2, 0) is 11.2 Å². The van der Waals surface area contributed by atoms with Crippen LogP contribution in [0.15, 0.2) is 17.5 Å². The molecular weight excluding hydrogens is 184 g/mol. The molecule has 0 aliphatic rings. The highest BCUT2D eigenvalue weighted by Crippen LogP contribution is 2.20. The summed E-state index contributed by atoms with van der Waals surface area (Å²) in [6.45, 7) is 3.79. The number of hydrogen-bond donors (Lipinski definition) is 1. The fourth-order valence-electron chi connectivity index (χ4n) is 1.00. The Morgan fingerprint density at radius 2 is 2.31 bits per heavy atom. The maximum atomic E-state index is 9.83. The van der Waals surface area contributed by atoms with Crippen LogP contribution in [0.25, 0.3) is 0 Å². The number of methoxy groups -OCH3 is 1. The van der Waals surface area contributed by atoms with E-state index in [1.54, 1.807) is 18.4 Å². The van der Waals surface area contributed by atoms with Gasteiger partial charge in [-0.3, -0.25) is 0 Å². The average Bonchev–Trinajstić information content (AvgIpc) is 2.57. The summed E-state index contributed by atoms with van der Waals surface area (Å²) in [6, 6.07) is 4.02. The second-order valence-corrected chi connectivity index (χ2v) is 4.64. The fourth-order valence-corrected chi connectivity index (χ4v) is 1.74. The lowest BCUT2D eigenvalue weighted by molar-refractivity contribution is -0.0762. The van der Waals surface area contributed by atoms with Gasteiger partial charge < -0.3 is 9.84 Å². The maximum absolute atomic E-state index is 9.83. The Labute approximate surface area is 83.2 Å². The van der Waals surface area contributed by atoms with E-state index in [1.807, 2.05) is 31.4 Å². The molecule has 13 heavy (non-hydrogen) atoms. The van der Waals surface area contributed by atoms with Crippen molar-refractivity contribution in [3.05, 3.63) is 22.4 Å². The van der Waals surface area contributed by atoms with Gasteiger partial charge in [-0.1, -0.05) is 6.07 Å². The zero-order valence-corrected chi connectivity index (χ0v) is 9.10. The molecule has 1 atom stereocenters. The molecule has 1 aromatic rings. The zero-order chi connectivity index (χ0) is 9.90. The number of aliphatic hydroxyl groups is 1. The molecule has 0 aromatic carbocycles. The zero-order valence-electron chi connectivity index (χ0n) is 8.28. The highest BCUT2D eigenvalue weighted by molar-refractivity contribution is 7.09. The molecule has 1 aromatic heterocycles. The lowest BCUT2D eigenvalue weighted by Crippen LogP contribution is -2.39. The maximum Gasteiger partial charge on any atom is 0.0884 e. The van der Waals surface area contributed by atoms with Gasteiger partial charge in [0.2, 0.25) is 0 Å². The second-order valence-electron chi connectivity index (χ2n) is 3.61. The van der Waals surface area contributed by atoms with Gasteiger partial charge >= 0.3 is 0 Å². The first-order chi connectivity index (χ1) is 6.06. The predicted molar refractivity (Wildman–Crippen MR) is 55.1 cm³/mol. The second kappa shape index (κ2) is 4.22. The van der Waals surface area contributed by atoms with Gasteiger partial charge in [0.05, 0.1) is 11.7 Å². The van der Waals surface area contributed by atoms with E-state index in [9.17, 15) is 5.11 Å². The normalized spacial score (nSPS) is 14.5. The Hall–Kier alpha value is -0.380. The Bertz CT molecular complexity index is 241. The Morgan fingerprint density at radius 1 is 1.62 bits per heavy atom. The van der Waals surface area contributed by atoms with Crippen molar-refractivity contribution in [2.45, 2.75) is 32.0 Å². The van der Waals surface area contributed by atoms with Crippen LogP contribution in [0.2, 0.25) is 0 Å². The van der Waals surface area contributed by atoms with Crippen LogP contribution in [0.3, 0.4) is 0 Å². The van der Waals surface area contributed by atoms with Crippen LogP contribution < -0.4 is 0 Å². The Kier molecular flexibility index (Phi) is 3.47. The lowest BCUT2D eigenvalue weighted by atomic mass is 9.98. The first-order valence-corrected chi connectivity index (χ1v) is 5.20. The molecule has 0 aliphatic carbocycles. The van der Waals surface area contributed by atoms with E-state index in [2.05, 4.69) is 0 Å². The summed E-state index contributed by atoms with van der Waals surface area (Å²) in [5, 5.41) is 11.8. The number of aliphatic hydroxyl groups excluding tert-OH is 1. The fraction of sp³-hybridized carbons (Fsp3) is 0.600. The first-order valence-electron chi connectivity index (χ1n) is 4.32. The van der Waals surface area contributed by atoms with Crippen molar-refractivity contribution < 1.29 is 9.84 Å². The van der Waals surface area contributed by atoms with Gasteiger partial charge in [-0.05, 0) is 25.3 Å². The van der Waals surface area contributed by atoms with E-state index in [4.69, 9.17) is 4.74 Å². The monoisotopic (exact) mass is 200 g/mol. The molecule has 0 saturated heterocycles. The average molecular weight is 200 g/mol. The van der Waals surface area contributed by atoms with E-state index in [1.165, 1.54) is 4.88 Å². The molecule has 0 bridgehead atoms. The molecule has 0 saturated carbocycles. The Morgan fingerprint density at radius 3 is 2.77 bits per heavy atom. The van der Waals surface area contributed by atoms with Gasteiger partial charge in [-0.15, -0.1) is 11.3 Å². The van der Waals surface area contributed by atoms with Crippen molar-refractivity contribution in [3.8, 4) is 0 Å². The molecule has 1 N–H and O–H groups in total. The number of hydrogen-bond acceptors (Lipinski definition) is 3. The SMILES string of the molecule is COC(C)(C)C(O)Cc1cccs1. The van der Waals surface area contributed by atoms with Gasteiger partial charge in [0, 0.05) is 18.4 Å². The summed E-state index contributed by atoms with van der Waals surface area (Å²) < 4.78 is 5.20. The minimum atomic E-state index is -0.468. The molecule has 0 radical (unpaired) electrons. The van der Waals surface area contributed by atoms with E-state index in [-0.39, 0.29) is 0 Å². The van der Waals surface area contributed by atoms with Crippen molar-refractivity contribution in [2.75, 3.05) is 7.11 Å². The van der Waals surface area contributed by atoms with Crippen molar-refractivity contribution in [1.82, 2.24) is 0 Å². The van der Waals surface area contributed by atoms with Crippen LogP contribution in [0, 0.1) is 0 Å². The van der Waals surface area contributed by atoms with E-state index in [0.717, 1.165) is 0 Å². The quantitative estimate of drug-likeness (QED) is 0.806. The third-order valence-corrected chi connectivity index (χ3v) is 3.20. The highest BCUT2D eigenvalue weighted by Gasteiger charge is 2.27. The van der Waals surface area contributed by atoms with Crippen molar-refractivity contribution in [2.24, 2.45) is 0 Å². The molecule has 2 nitrogen and oxygen atoms in total. The largest absolute Gasteiger partial charge is 0.390 e. The molecule has 0 aliphatic heterocycles. The van der Waals surface area contributed by atoms with Crippen molar-refractivity contribution in [1.29, 1.82) is 0 Å². The number of thiophene rings is 1. The molecular formula is C10H16O2S. The third-order valence-electron chi connectivity index (χ3n) is 2.30. The summed E-state index contributed by atoms with van der Waals surface area (Å²) in [5.41, 5.74) is -0.468. The predicted octanol–water partition coefficient (Wildman–Crippen LogP) is 2.08. The number of rotatable bonds is 4. The van der Waals surface area contributed by atoms with Gasteiger partial charge in [0.25, 0.3) is 0 Å². The van der Waals surface area contributed by atoms with Crippen molar-refractivity contribution in [3.63, 3.8) is 0 Å². The molecule has 1 rings (SSSR count). The minimum Gasteiger partial charge on any atom is -0.390 e.